The fourth-order valence-corrected chi connectivity index (χ4v) is 3.37. The van der Waals surface area contributed by atoms with E-state index in [-0.39, 0.29) is 5.91 Å². The number of hydrogen-bond donors (Lipinski definition) is 1. The van der Waals surface area contributed by atoms with Gasteiger partial charge in [-0.15, -0.1) is 0 Å². The Kier molecular flexibility index (Phi) is 5.06. The first kappa shape index (κ1) is 18.2. The SMILES string of the molecule is CC(C)CNC(=O)c1cc(N2CCc3ccccc32)nc(-c2ccccc2)n1. The molecule has 5 nitrogen and oxygen atoms in total. The summed E-state index contributed by atoms with van der Waals surface area (Å²) in [6.07, 6.45) is 0.968. The van der Waals surface area contributed by atoms with Gasteiger partial charge in [0.2, 0.25) is 0 Å². The minimum Gasteiger partial charge on any atom is -0.350 e. The van der Waals surface area contributed by atoms with Crippen LogP contribution in [-0.4, -0.2) is 29.0 Å². The lowest BCUT2D eigenvalue weighted by atomic mass is 10.2. The average molecular weight is 372 g/mol. The minimum absolute atomic E-state index is 0.165. The maximum Gasteiger partial charge on any atom is 0.270 e. The molecule has 1 amide bonds. The monoisotopic (exact) mass is 372 g/mol. The summed E-state index contributed by atoms with van der Waals surface area (Å²) in [5, 5.41) is 2.97. The van der Waals surface area contributed by atoms with E-state index in [1.54, 1.807) is 6.07 Å². The van der Waals surface area contributed by atoms with Crippen molar-refractivity contribution in [3.8, 4) is 11.4 Å². The highest BCUT2D eigenvalue weighted by atomic mass is 16.1. The van der Waals surface area contributed by atoms with E-state index in [0.717, 1.165) is 30.0 Å². The van der Waals surface area contributed by atoms with Crippen molar-refractivity contribution in [2.45, 2.75) is 20.3 Å². The van der Waals surface area contributed by atoms with Crippen molar-refractivity contribution in [3.63, 3.8) is 0 Å². The Hall–Kier alpha value is -3.21. The Morgan fingerprint density at radius 3 is 2.61 bits per heavy atom. The molecule has 28 heavy (non-hydrogen) atoms. The molecule has 3 aromatic rings. The van der Waals surface area contributed by atoms with E-state index in [4.69, 9.17) is 4.98 Å². The van der Waals surface area contributed by atoms with Gasteiger partial charge in [-0.2, -0.15) is 0 Å². The summed E-state index contributed by atoms with van der Waals surface area (Å²) in [5.74, 6) is 1.54. The van der Waals surface area contributed by atoms with Gasteiger partial charge in [0.15, 0.2) is 5.82 Å². The molecule has 0 bridgehead atoms. The first-order valence-corrected chi connectivity index (χ1v) is 9.70. The third-order valence-electron chi connectivity index (χ3n) is 4.81. The predicted octanol–water partition coefficient (Wildman–Crippen LogP) is 4.22. The lowest BCUT2D eigenvalue weighted by Gasteiger charge is -2.20. The van der Waals surface area contributed by atoms with E-state index < -0.39 is 0 Å². The number of hydrogen-bond acceptors (Lipinski definition) is 4. The molecule has 0 aliphatic carbocycles. The normalized spacial score (nSPS) is 12.9. The Bertz CT molecular complexity index is 985. The second kappa shape index (κ2) is 7.80. The zero-order chi connectivity index (χ0) is 19.5. The highest BCUT2D eigenvalue weighted by Gasteiger charge is 2.23. The van der Waals surface area contributed by atoms with Crippen molar-refractivity contribution in [1.82, 2.24) is 15.3 Å². The van der Waals surface area contributed by atoms with Crippen LogP contribution >= 0.6 is 0 Å². The van der Waals surface area contributed by atoms with Gasteiger partial charge in [-0.3, -0.25) is 4.79 Å². The van der Waals surface area contributed by atoms with Crippen LogP contribution in [0.25, 0.3) is 11.4 Å². The first-order chi connectivity index (χ1) is 13.6. The molecule has 0 fully saturated rings. The molecule has 0 spiro atoms. The summed E-state index contributed by atoms with van der Waals surface area (Å²) >= 11 is 0. The van der Waals surface area contributed by atoms with E-state index in [1.165, 1.54) is 5.56 Å². The van der Waals surface area contributed by atoms with E-state index in [9.17, 15) is 4.79 Å². The van der Waals surface area contributed by atoms with Crippen LogP contribution < -0.4 is 10.2 Å². The van der Waals surface area contributed by atoms with Crippen molar-refractivity contribution in [3.05, 3.63) is 71.9 Å². The zero-order valence-electron chi connectivity index (χ0n) is 16.2. The van der Waals surface area contributed by atoms with Crippen molar-refractivity contribution in [2.24, 2.45) is 5.92 Å². The minimum atomic E-state index is -0.165. The highest BCUT2D eigenvalue weighted by molar-refractivity contribution is 5.93. The summed E-state index contributed by atoms with van der Waals surface area (Å²) < 4.78 is 0. The molecule has 0 saturated heterocycles. The van der Waals surface area contributed by atoms with Crippen molar-refractivity contribution >= 4 is 17.4 Å². The molecular weight excluding hydrogens is 348 g/mol. The Balaban J connectivity index is 1.76. The van der Waals surface area contributed by atoms with Gasteiger partial charge in [-0.05, 0) is 24.0 Å². The number of anilines is 2. The number of carbonyl (C=O) groups excluding carboxylic acids is 1. The summed E-state index contributed by atoms with van der Waals surface area (Å²) in [6, 6.07) is 19.9. The van der Waals surface area contributed by atoms with Gasteiger partial charge in [0.05, 0.1) is 0 Å². The number of aromatic nitrogens is 2. The van der Waals surface area contributed by atoms with Gasteiger partial charge in [-0.25, -0.2) is 9.97 Å². The van der Waals surface area contributed by atoms with Crippen LogP contribution in [0.15, 0.2) is 60.7 Å². The molecule has 1 aromatic heterocycles. The van der Waals surface area contributed by atoms with Gasteiger partial charge >= 0.3 is 0 Å². The molecule has 142 valence electrons. The molecule has 0 unspecified atom stereocenters. The number of para-hydroxylation sites is 1. The van der Waals surface area contributed by atoms with E-state index in [2.05, 4.69) is 47.2 Å². The number of nitrogens with one attached hydrogen (secondary N) is 1. The van der Waals surface area contributed by atoms with Crippen LogP contribution in [0.1, 0.15) is 29.9 Å². The molecule has 1 aliphatic heterocycles. The topological polar surface area (TPSA) is 58.1 Å². The van der Waals surface area contributed by atoms with Crippen molar-refractivity contribution in [2.75, 3.05) is 18.0 Å². The second-order valence-electron chi connectivity index (χ2n) is 7.44. The maximum atomic E-state index is 12.7. The second-order valence-corrected chi connectivity index (χ2v) is 7.44. The summed E-state index contributed by atoms with van der Waals surface area (Å²) in [5.41, 5.74) is 3.74. The molecule has 0 radical (unpaired) electrons. The van der Waals surface area contributed by atoms with Crippen LogP contribution in [0.3, 0.4) is 0 Å². The summed E-state index contributed by atoms with van der Waals surface area (Å²) in [7, 11) is 0. The van der Waals surface area contributed by atoms with Gasteiger partial charge in [0.1, 0.15) is 11.5 Å². The van der Waals surface area contributed by atoms with E-state index in [1.807, 2.05) is 36.4 Å². The molecule has 1 aliphatic rings. The van der Waals surface area contributed by atoms with Gasteiger partial charge in [-0.1, -0.05) is 62.4 Å². The van der Waals surface area contributed by atoms with Crippen LogP contribution in [-0.2, 0) is 6.42 Å². The van der Waals surface area contributed by atoms with Gasteiger partial charge in [0.25, 0.3) is 5.91 Å². The standard InChI is InChI=1S/C23H24N4O/c1-16(2)15-24-23(28)19-14-21(26-22(25-19)18-9-4-3-5-10-18)27-13-12-17-8-6-7-11-20(17)27/h3-11,14,16H,12-13,15H2,1-2H3,(H,24,28). The van der Waals surface area contributed by atoms with Crippen LogP contribution in [0.5, 0.6) is 0 Å². The Labute approximate surface area is 165 Å². The number of amides is 1. The number of nitrogens with zero attached hydrogens (tertiary/aromatic N) is 3. The Morgan fingerprint density at radius 1 is 1.07 bits per heavy atom. The van der Waals surface area contributed by atoms with Crippen LogP contribution in [0.2, 0.25) is 0 Å². The summed E-state index contributed by atoms with van der Waals surface area (Å²) in [6.45, 7) is 5.60. The average Bonchev–Trinajstić information content (AvgIpc) is 3.16. The Morgan fingerprint density at radius 2 is 1.82 bits per heavy atom. The number of fused-ring (bicyclic) bond motifs is 1. The molecule has 2 heterocycles. The molecule has 5 heteroatoms. The predicted molar refractivity (Wildman–Crippen MR) is 112 cm³/mol. The third-order valence-corrected chi connectivity index (χ3v) is 4.81. The highest BCUT2D eigenvalue weighted by Crippen LogP contribution is 2.34. The van der Waals surface area contributed by atoms with Gasteiger partial charge < -0.3 is 10.2 Å². The fourth-order valence-electron chi connectivity index (χ4n) is 3.37. The number of benzene rings is 2. The molecular formula is C23H24N4O. The molecule has 4 rings (SSSR count). The molecule has 0 atom stereocenters. The van der Waals surface area contributed by atoms with Crippen LogP contribution in [0, 0.1) is 5.92 Å². The van der Waals surface area contributed by atoms with Crippen molar-refractivity contribution < 1.29 is 4.79 Å². The lowest BCUT2D eigenvalue weighted by molar-refractivity contribution is 0.0944. The first-order valence-electron chi connectivity index (χ1n) is 9.70. The van der Waals surface area contributed by atoms with Crippen LogP contribution in [0.4, 0.5) is 11.5 Å². The summed E-state index contributed by atoms with van der Waals surface area (Å²) in [4.78, 5) is 24.3. The number of rotatable bonds is 5. The molecule has 1 N–H and O–H groups in total. The smallest absolute Gasteiger partial charge is 0.270 e. The van der Waals surface area contributed by atoms with Crippen molar-refractivity contribution in [1.29, 1.82) is 0 Å². The van der Waals surface area contributed by atoms with E-state index in [0.29, 0.717) is 24.0 Å². The van der Waals surface area contributed by atoms with Gasteiger partial charge in [0, 0.05) is 30.4 Å². The maximum absolute atomic E-state index is 12.7. The third kappa shape index (κ3) is 3.74. The lowest BCUT2D eigenvalue weighted by Crippen LogP contribution is -2.28. The zero-order valence-corrected chi connectivity index (χ0v) is 16.2. The molecule has 0 saturated carbocycles. The largest absolute Gasteiger partial charge is 0.350 e. The van der Waals surface area contributed by atoms with E-state index >= 15 is 0 Å². The number of carbonyl (C=O) groups is 1. The quantitative estimate of drug-likeness (QED) is 0.728. The fraction of sp³-hybridized carbons (Fsp3) is 0.261. The molecule has 2 aromatic carbocycles.